The molecule has 0 N–H and O–H groups in total. The fourth-order valence-corrected chi connectivity index (χ4v) is 3.93. The first-order valence-electron chi connectivity index (χ1n) is 6.56. The maximum absolute atomic E-state index is 6.24. The van der Waals surface area contributed by atoms with Gasteiger partial charge in [0.1, 0.15) is 24.4 Å². The second kappa shape index (κ2) is 4.00. The molecule has 0 spiro atoms. The molecule has 0 amide bonds. The van der Waals surface area contributed by atoms with E-state index in [1.54, 1.807) is 0 Å². The molecule has 0 saturated carbocycles. The summed E-state index contributed by atoms with van der Waals surface area (Å²) in [6.45, 7) is 10.9. The van der Waals surface area contributed by atoms with Crippen molar-refractivity contribution in [3.05, 3.63) is 0 Å². The Bertz CT molecular complexity index is 340. The van der Waals surface area contributed by atoms with Crippen LogP contribution in [0.3, 0.4) is 0 Å². The molecule has 5 unspecified atom stereocenters. The molecule has 0 radical (unpaired) electrons. The predicted molar refractivity (Wildman–Crippen MR) is 66.7 cm³/mol. The molecular formula is C12H22O5Si. The molecule has 6 heteroatoms. The Morgan fingerprint density at radius 2 is 1.78 bits per heavy atom. The molecule has 0 aromatic carbocycles. The first kappa shape index (κ1) is 13.0. The van der Waals surface area contributed by atoms with Gasteiger partial charge in [-0.05, 0) is 33.5 Å². The maximum Gasteiger partial charge on any atom is 0.187 e. The third-order valence-electron chi connectivity index (χ3n) is 3.35. The molecule has 0 aromatic heterocycles. The summed E-state index contributed by atoms with van der Waals surface area (Å²) in [5.74, 6) is -0.590. The minimum absolute atomic E-state index is 0.0273. The van der Waals surface area contributed by atoms with E-state index < -0.39 is 14.1 Å². The van der Waals surface area contributed by atoms with Crippen molar-refractivity contribution in [1.82, 2.24) is 0 Å². The van der Waals surface area contributed by atoms with Gasteiger partial charge >= 0.3 is 0 Å². The summed E-state index contributed by atoms with van der Waals surface area (Å²) in [5.41, 5.74) is 0. The summed E-state index contributed by atoms with van der Waals surface area (Å²) in [6.07, 6.45) is -0.677. The van der Waals surface area contributed by atoms with Crippen molar-refractivity contribution in [2.24, 2.45) is 0 Å². The van der Waals surface area contributed by atoms with Crippen molar-refractivity contribution in [3.8, 4) is 0 Å². The zero-order valence-corrected chi connectivity index (χ0v) is 12.6. The third-order valence-corrected chi connectivity index (χ3v) is 4.32. The Morgan fingerprint density at radius 1 is 1.11 bits per heavy atom. The second-order valence-corrected chi connectivity index (χ2v) is 11.1. The van der Waals surface area contributed by atoms with E-state index in [0.717, 1.165) is 0 Å². The minimum atomic E-state index is -1.66. The fraction of sp³-hybridized carbons (Fsp3) is 1.00. The number of ether oxygens (including phenoxy) is 4. The number of fused-ring (bicyclic) bond motifs is 4. The van der Waals surface area contributed by atoms with E-state index in [9.17, 15) is 0 Å². The van der Waals surface area contributed by atoms with Crippen LogP contribution in [-0.4, -0.2) is 51.4 Å². The van der Waals surface area contributed by atoms with Gasteiger partial charge in [-0.1, -0.05) is 0 Å². The molecule has 104 valence electrons. The van der Waals surface area contributed by atoms with Gasteiger partial charge < -0.3 is 23.4 Å². The Kier molecular flexibility index (Phi) is 2.90. The molecule has 3 aliphatic heterocycles. The zero-order chi connectivity index (χ0) is 13.1. The van der Waals surface area contributed by atoms with E-state index in [1.165, 1.54) is 0 Å². The Balaban J connectivity index is 1.84. The molecule has 3 heterocycles. The van der Waals surface area contributed by atoms with Crippen LogP contribution < -0.4 is 0 Å². The van der Waals surface area contributed by atoms with Crippen molar-refractivity contribution in [3.63, 3.8) is 0 Å². The molecule has 3 aliphatic rings. The van der Waals surface area contributed by atoms with Crippen LogP contribution in [0.25, 0.3) is 0 Å². The fourth-order valence-electron chi connectivity index (χ4n) is 2.83. The standard InChI is InChI=1S/C12H22O5Si/c1-12(2)15-9-8(17-18(3,4)5)7-6-13-11(14-7)10(9)16-12/h7-11H,6H2,1-5H3. The van der Waals surface area contributed by atoms with Crippen molar-refractivity contribution >= 4 is 8.32 Å². The monoisotopic (exact) mass is 274 g/mol. The van der Waals surface area contributed by atoms with E-state index in [-0.39, 0.29) is 30.7 Å². The molecule has 3 fully saturated rings. The minimum Gasteiger partial charge on any atom is -0.409 e. The van der Waals surface area contributed by atoms with Gasteiger partial charge in [-0.2, -0.15) is 0 Å². The van der Waals surface area contributed by atoms with Crippen LogP contribution in [0.1, 0.15) is 13.8 Å². The first-order chi connectivity index (χ1) is 8.25. The van der Waals surface area contributed by atoms with Crippen molar-refractivity contribution in [2.75, 3.05) is 6.61 Å². The van der Waals surface area contributed by atoms with Crippen LogP contribution in [0.5, 0.6) is 0 Å². The van der Waals surface area contributed by atoms with Crippen LogP contribution in [0.4, 0.5) is 0 Å². The Labute approximate surface area is 109 Å². The summed E-state index contributed by atoms with van der Waals surface area (Å²) < 4.78 is 29.6. The van der Waals surface area contributed by atoms with Crippen LogP contribution in [0.15, 0.2) is 0 Å². The van der Waals surface area contributed by atoms with Crippen molar-refractivity contribution in [2.45, 2.75) is 70.0 Å². The largest absolute Gasteiger partial charge is 0.409 e. The molecular weight excluding hydrogens is 252 g/mol. The predicted octanol–water partition coefficient (Wildman–Crippen LogP) is 1.48. The van der Waals surface area contributed by atoms with Crippen LogP contribution in [-0.2, 0) is 23.4 Å². The third kappa shape index (κ3) is 2.26. The molecule has 2 bridgehead atoms. The van der Waals surface area contributed by atoms with Gasteiger partial charge in [0.2, 0.25) is 0 Å². The average molecular weight is 274 g/mol. The van der Waals surface area contributed by atoms with E-state index in [0.29, 0.717) is 6.61 Å². The molecule has 5 atom stereocenters. The summed E-state index contributed by atoms with van der Waals surface area (Å²) in [6, 6.07) is 0. The highest BCUT2D eigenvalue weighted by Gasteiger charge is 2.59. The zero-order valence-electron chi connectivity index (χ0n) is 11.6. The Morgan fingerprint density at radius 3 is 2.44 bits per heavy atom. The molecule has 5 nitrogen and oxygen atoms in total. The SMILES string of the molecule is CC1(C)OC2C3OCC(O3)C(O[Si](C)(C)C)C2O1. The lowest BCUT2D eigenvalue weighted by atomic mass is 10.0. The maximum atomic E-state index is 6.24. The van der Waals surface area contributed by atoms with Crippen LogP contribution in [0.2, 0.25) is 19.6 Å². The lowest BCUT2D eigenvalue weighted by Crippen LogP contribution is -2.56. The molecule has 0 aromatic rings. The molecule has 0 aliphatic carbocycles. The summed E-state index contributed by atoms with van der Waals surface area (Å²) in [4.78, 5) is 0. The van der Waals surface area contributed by atoms with E-state index in [2.05, 4.69) is 19.6 Å². The lowest BCUT2D eigenvalue weighted by Gasteiger charge is -2.38. The highest BCUT2D eigenvalue weighted by Crippen LogP contribution is 2.42. The van der Waals surface area contributed by atoms with Gasteiger partial charge in [-0.25, -0.2) is 0 Å². The highest BCUT2D eigenvalue weighted by atomic mass is 28.4. The normalized spacial score (nSPS) is 46.2. The van der Waals surface area contributed by atoms with Crippen molar-refractivity contribution in [1.29, 1.82) is 0 Å². The van der Waals surface area contributed by atoms with Gasteiger partial charge in [0, 0.05) is 0 Å². The quantitative estimate of drug-likeness (QED) is 0.714. The molecule has 3 rings (SSSR count). The number of hydrogen-bond acceptors (Lipinski definition) is 5. The van der Waals surface area contributed by atoms with Gasteiger partial charge in [-0.3, -0.25) is 0 Å². The van der Waals surface area contributed by atoms with E-state index in [4.69, 9.17) is 23.4 Å². The van der Waals surface area contributed by atoms with Gasteiger partial charge in [0.25, 0.3) is 0 Å². The Hall–Kier alpha value is 0.0169. The molecule has 18 heavy (non-hydrogen) atoms. The van der Waals surface area contributed by atoms with E-state index >= 15 is 0 Å². The topological polar surface area (TPSA) is 46.2 Å². The second-order valence-electron chi connectivity index (χ2n) is 6.64. The van der Waals surface area contributed by atoms with Gasteiger partial charge in [0.15, 0.2) is 20.4 Å². The number of hydrogen-bond donors (Lipinski definition) is 0. The summed E-state index contributed by atoms with van der Waals surface area (Å²) in [7, 11) is -1.66. The van der Waals surface area contributed by atoms with Gasteiger partial charge in [0.05, 0.1) is 6.61 Å². The average Bonchev–Trinajstić information content (AvgIpc) is 2.74. The lowest BCUT2D eigenvalue weighted by molar-refractivity contribution is -0.196. The van der Waals surface area contributed by atoms with Gasteiger partial charge in [-0.15, -0.1) is 0 Å². The smallest absolute Gasteiger partial charge is 0.187 e. The van der Waals surface area contributed by atoms with E-state index in [1.807, 2.05) is 13.8 Å². The first-order valence-corrected chi connectivity index (χ1v) is 9.97. The summed E-state index contributed by atoms with van der Waals surface area (Å²) in [5, 5.41) is 0. The number of rotatable bonds is 2. The van der Waals surface area contributed by atoms with Crippen molar-refractivity contribution < 1.29 is 23.4 Å². The highest BCUT2D eigenvalue weighted by molar-refractivity contribution is 6.69. The van der Waals surface area contributed by atoms with Crippen LogP contribution in [0, 0.1) is 0 Å². The summed E-state index contributed by atoms with van der Waals surface area (Å²) >= 11 is 0. The molecule has 3 saturated heterocycles. The van der Waals surface area contributed by atoms with Crippen LogP contribution >= 0.6 is 0 Å².